The van der Waals surface area contributed by atoms with Crippen LogP contribution in [0.25, 0.3) is 0 Å². The number of hydrogen-bond acceptors (Lipinski definition) is 10. The average molecular weight is 404 g/mol. The average Bonchev–Trinajstić information content (AvgIpc) is 3.05. The summed E-state index contributed by atoms with van der Waals surface area (Å²) in [5, 5.41) is 0. The number of rotatable bonds is 5. The van der Waals surface area contributed by atoms with Gasteiger partial charge in [-0.25, -0.2) is 9.78 Å². The standard InChI is InChI=1S/C15H20N2O9S/c1-15(2)25-10-8(7-23-27(4,20)21)24-13(11(10)26-15)17-6-5-16-9(12(17)18)14(19)22-3/h5-6,8,10-11,13H,7H2,1-4H3/t8-,10-,11+,13-/m1/s1. The number of methoxy groups -OCH3 is 1. The molecule has 0 aliphatic carbocycles. The van der Waals surface area contributed by atoms with Gasteiger partial charge in [0.05, 0.1) is 20.0 Å². The van der Waals surface area contributed by atoms with Gasteiger partial charge in [-0.1, -0.05) is 0 Å². The Labute approximate surface area is 155 Å². The quantitative estimate of drug-likeness (QED) is 0.464. The van der Waals surface area contributed by atoms with Crippen LogP contribution in [0.3, 0.4) is 0 Å². The van der Waals surface area contributed by atoms with Crippen molar-refractivity contribution >= 4 is 16.1 Å². The molecule has 3 heterocycles. The summed E-state index contributed by atoms with van der Waals surface area (Å²) >= 11 is 0. The molecule has 3 rings (SSSR count). The number of fused-ring (bicyclic) bond motifs is 1. The molecule has 2 aliphatic heterocycles. The van der Waals surface area contributed by atoms with Crippen molar-refractivity contribution in [2.24, 2.45) is 0 Å². The molecule has 2 saturated heterocycles. The van der Waals surface area contributed by atoms with Crippen molar-refractivity contribution in [3.8, 4) is 0 Å². The van der Waals surface area contributed by atoms with Gasteiger partial charge in [0.15, 0.2) is 12.0 Å². The van der Waals surface area contributed by atoms with Crippen molar-refractivity contribution < 1.29 is 36.3 Å². The van der Waals surface area contributed by atoms with Gasteiger partial charge in [-0.3, -0.25) is 13.5 Å². The molecule has 12 heteroatoms. The second kappa shape index (κ2) is 6.95. The van der Waals surface area contributed by atoms with E-state index in [-0.39, 0.29) is 6.61 Å². The van der Waals surface area contributed by atoms with Crippen molar-refractivity contribution in [1.82, 2.24) is 9.55 Å². The normalized spacial score (nSPS) is 29.5. The smallest absolute Gasteiger partial charge is 0.362 e. The van der Waals surface area contributed by atoms with Crippen LogP contribution < -0.4 is 5.56 Å². The summed E-state index contributed by atoms with van der Waals surface area (Å²) in [5.41, 5.74) is -1.14. The highest BCUT2D eigenvalue weighted by molar-refractivity contribution is 7.85. The Morgan fingerprint density at radius 2 is 2.00 bits per heavy atom. The predicted molar refractivity (Wildman–Crippen MR) is 88.4 cm³/mol. The predicted octanol–water partition coefficient (Wildman–Crippen LogP) is -0.576. The third-order valence-corrected chi connectivity index (χ3v) is 4.66. The van der Waals surface area contributed by atoms with E-state index >= 15 is 0 Å². The summed E-state index contributed by atoms with van der Waals surface area (Å²) < 4.78 is 50.5. The van der Waals surface area contributed by atoms with E-state index in [4.69, 9.17) is 18.4 Å². The summed E-state index contributed by atoms with van der Waals surface area (Å²) in [5.74, 6) is -1.85. The number of carbonyl (C=O) groups is 1. The van der Waals surface area contributed by atoms with Gasteiger partial charge in [-0.15, -0.1) is 0 Å². The minimum Gasteiger partial charge on any atom is -0.464 e. The molecule has 0 aromatic carbocycles. The lowest BCUT2D eigenvalue weighted by Crippen LogP contribution is -2.36. The number of ether oxygens (including phenoxy) is 4. The number of aromatic nitrogens is 2. The van der Waals surface area contributed by atoms with Crippen LogP contribution in [-0.4, -0.2) is 68.0 Å². The summed E-state index contributed by atoms with van der Waals surface area (Å²) in [6.45, 7) is 3.07. The number of esters is 1. The van der Waals surface area contributed by atoms with Gasteiger partial charge < -0.3 is 18.9 Å². The Morgan fingerprint density at radius 1 is 1.33 bits per heavy atom. The first-order valence-corrected chi connectivity index (χ1v) is 9.85. The van der Waals surface area contributed by atoms with Crippen molar-refractivity contribution in [3.05, 3.63) is 28.4 Å². The molecule has 2 fully saturated rings. The van der Waals surface area contributed by atoms with Gasteiger partial charge in [0.2, 0.25) is 5.69 Å². The highest BCUT2D eigenvalue weighted by Gasteiger charge is 2.56. The summed E-state index contributed by atoms with van der Waals surface area (Å²) in [6, 6.07) is 0. The Morgan fingerprint density at radius 3 is 2.63 bits per heavy atom. The Bertz CT molecular complexity index is 895. The second-order valence-corrected chi connectivity index (χ2v) is 8.24. The fourth-order valence-electron chi connectivity index (χ4n) is 3.07. The van der Waals surface area contributed by atoms with E-state index in [1.165, 1.54) is 12.4 Å². The Hall–Kier alpha value is -1.86. The van der Waals surface area contributed by atoms with Gasteiger partial charge in [0, 0.05) is 12.4 Å². The van der Waals surface area contributed by atoms with Crippen molar-refractivity contribution in [2.45, 2.75) is 44.2 Å². The molecule has 0 radical (unpaired) electrons. The lowest BCUT2D eigenvalue weighted by atomic mass is 10.1. The molecule has 0 unspecified atom stereocenters. The minimum absolute atomic E-state index is 0.306. The molecule has 2 aliphatic rings. The molecular weight excluding hydrogens is 384 g/mol. The summed E-state index contributed by atoms with van der Waals surface area (Å²) in [4.78, 5) is 28.1. The maximum absolute atomic E-state index is 12.6. The van der Waals surface area contributed by atoms with E-state index in [1.54, 1.807) is 13.8 Å². The maximum atomic E-state index is 12.6. The fraction of sp³-hybridized carbons (Fsp3) is 0.667. The largest absolute Gasteiger partial charge is 0.464 e. The molecule has 0 amide bonds. The topological polar surface area (TPSA) is 132 Å². The zero-order valence-corrected chi connectivity index (χ0v) is 16.0. The summed E-state index contributed by atoms with van der Waals surface area (Å²) in [6.07, 6.45) is 0.343. The fourth-order valence-corrected chi connectivity index (χ4v) is 3.45. The van der Waals surface area contributed by atoms with Crippen LogP contribution in [0.5, 0.6) is 0 Å². The van der Waals surface area contributed by atoms with Gasteiger partial charge in [-0.05, 0) is 13.8 Å². The molecule has 27 heavy (non-hydrogen) atoms. The van der Waals surface area contributed by atoms with E-state index in [0.717, 1.165) is 17.9 Å². The van der Waals surface area contributed by atoms with Gasteiger partial charge in [0.1, 0.15) is 18.3 Å². The van der Waals surface area contributed by atoms with Gasteiger partial charge in [-0.2, -0.15) is 8.42 Å². The number of nitrogens with zero attached hydrogens (tertiary/aromatic N) is 2. The first-order valence-electron chi connectivity index (χ1n) is 8.03. The van der Waals surface area contributed by atoms with Crippen LogP contribution in [-0.2, 0) is 33.2 Å². The molecule has 0 saturated carbocycles. The van der Waals surface area contributed by atoms with Crippen LogP contribution in [0.15, 0.2) is 17.2 Å². The number of hydrogen-bond donors (Lipinski definition) is 0. The SMILES string of the molecule is COC(=O)c1nccn([C@@H]2O[C@H](COS(C)(=O)=O)[C@H]3OC(C)(C)O[C@@H]32)c1=O. The molecule has 1 aromatic rings. The lowest BCUT2D eigenvalue weighted by molar-refractivity contribution is -0.199. The van der Waals surface area contributed by atoms with Crippen molar-refractivity contribution in [1.29, 1.82) is 0 Å². The van der Waals surface area contributed by atoms with Gasteiger partial charge in [0.25, 0.3) is 15.7 Å². The van der Waals surface area contributed by atoms with Crippen LogP contribution in [0.2, 0.25) is 0 Å². The third kappa shape index (κ3) is 4.04. The number of carbonyl (C=O) groups excluding carboxylic acids is 1. The first kappa shape index (κ1) is 19.9. The Kier molecular flexibility index (Phi) is 5.12. The monoisotopic (exact) mass is 404 g/mol. The van der Waals surface area contributed by atoms with E-state index < -0.39 is 57.7 Å². The lowest BCUT2D eigenvalue weighted by Gasteiger charge is -2.24. The molecule has 1 aromatic heterocycles. The zero-order valence-electron chi connectivity index (χ0n) is 15.1. The van der Waals surface area contributed by atoms with Gasteiger partial charge >= 0.3 is 5.97 Å². The third-order valence-electron chi connectivity index (χ3n) is 4.09. The molecule has 11 nitrogen and oxygen atoms in total. The van der Waals surface area contributed by atoms with Crippen molar-refractivity contribution in [2.75, 3.05) is 20.0 Å². The van der Waals surface area contributed by atoms with Crippen molar-refractivity contribution in [3.63, 3.8) is 0 Å². The second-order valence-electron chi connectivity index (χ2n) is 6.60. The van der Waals surface area contributed by atoms with E-state index in [9.17, 15) is 18.0 Å². The highest BCUT2D eigenvalue weighted by Crippen LogP contribution is 2.42. The molecule has 0 bridgehead atoms. The summed E-state index contributed by atoms with van der Waals surface area (Å²) in [7, 11) is -2.56. The van der Waals surface area contributed by atoms with Crippen LogP contribution >= 0.6 is 0 Å². The first-order chi connectivity index (χ1) is 12.5. The molecule has 150 valence electrons. The van der Waals surface area contributed by atoms with E-state index in [1.807, 2.05) is 0 Å². The van der Waals surface area contributed by atoms with E-state index in [0.29, 0.717) is 0 Å². The van der Waals surface area contributed by atoms with Crippen LogP contribution in [0.4, 0.5) is 0 Å². The molecule has 0 spiro atoms. The highest BCUT2D eigenvalue weighted by atomic mass is 32.2. The Balaban J connectivity index is 1.94. The molecule has 4 atom stereocenters. The van der Waals surface area contributed by atoms with E-state index in [2.05, 4.69) is 9.72 Å². The maximum Gasteiger partial charge on any atom is 0.362 e. The molecular formula is C15H20N2O9S. The molecule has 0 N–H and O–H groups in total. The minimum atomic E-state index is -3.70. The zero-order chi connectivity index (χ0) is 20.0. The van der Waals surface area contributed by atoms with Crippen LogP contribution in [0.1, 0.15) is 30.6 Å². The van der Waals surface area contributed by atoms with Crippen LogP contribution in [0, 0.1) is 0 Å².